The Kier molecular flexibility index (Phi) is 6.99. The first-order chi connectivity index (χ1) is 15.8. The second kappa shape index (κ2) is 10.1. The Balaban J connectivity index is 1.84. The first-order valence-corrected chi connectivity index (χ1v) is 9.55. The van der Waals surface area contributed by atoms with E-state index in [9.17, 15) is 24.5 Å². The van der Waals surface area contributed by atoms with Gasteiger partial charge in [0, 0.05) is 34.6 Å². The number of esters is 1. The Morgan fingerprint density at radius 1 is 0.758 bits per heavy atom. The number of rotatable bonds is 7. The highest BCUT2D eigenvalue weighted by Gasteiger charge is 2.15. The summed E-state index contributed by atoms with van der Waals surface area (Å²) in [4.78, 5) is 47.5. The number of ether oxygens (including phenoxy) is 2. The van der Waals surface area contributed by atoms with Gasteiger partial charge in [0.25, 0.3) is 17.5 Å². The number of nitrogens with one attached hydrogen (secondary N) is 2. The lowest BCUT2D eigenvalue weighted by atomic mass is 10.1. The fourth-order valence-electron chi connectivity index (χ4n) is 2.89. The minimum atomic E-state index is -0.665. The SMILES string of the molecule is COC(=O)c1cc(NC(=O)c2ccc(OC)cc2)cc(NC(=O)c2ccc([N+](=O)[O-])cc2)c1. The van der Waals surface area contributed by atoms with Gasteiger partial charge >= 0.3 is 5.97 Å². The van der Waals surface area contributed by atoms with Crippen LogP contribution in [0.15, 0.2) is 66.7 Å². The van der Waals surface area contributed by atoms with Crippen molar-refractivity contribution >= 4 is 34.8 Å². The molecule has 0 unspecified atom stereocenters. The van der Waals surface area contributed by atoms with Gasteiger partial charge in [0.15, 0.2) is 0 Å². The highest BCUT2D eigenvalue weighted by Crippen LogP contribution is 2.22. The van der Waals surface area contributed by atoms with E-state index < -0.39 is 22.7 Å². The summed E-state index contributed by atoms with van der Waals surface area (Å²) in [5.41, 5.74) is 0.944. The summed E-state index contributed by atoms with van der Waals surface area (Å²) in [5, 5.41) is 16.1. The Morgan fingerprint density at radius 3 is 1.67 bits per heavy atom. The number of benzene rings is 3. The fraction of sp³-hybridized carbons (Fsp3) is 0.0870. The monoisotopic (exact) mass is 449 g/mol. The molecule has 0 fully saturated rings. The van der Waals surface area contributed by atoms with E-state index in [-0.39, 0.29) is 28.2 Å². The number of nitro benzene ring substituents is 1. The number of nitrogens with zero attached hydrogens (tertiary/aromatic N) is 1. The minimum absolute atomic E-state index is 0.101. The first kappa shape index (κ1) is 22.9. The molecule has 2 N–H and O–H groups in total. The van der Waals surface area contributed by atoms with Crippen LogP contribution in [0.2, 0.25) is 0 Å². The van der Waals surface area contributed by atoms with E-state index in [2.05, 4.69) is 10.6 Å². The van der Waals surface area contributed by atoms with E-state index in [4.69, 9.17) is 9.47 Å². The number of non-ortho nitro benzene ring substituents is 1. The molecule has 0 saturated carbocycles. The smallest absolute Gasteiger partial charge is 0.337 e. The molecule has 3 aromatic rings. The molecule has 0 saturated heterocycles. The fourth-order valence-corrected chi connectivity index (χ4v) is 2.89. The largest absolute Gasteiger partial charge is 0.497 e. The van der Waals surface area contributed by atoms with Crippen molar-refractivity contribution in [3.8, 4) is 5.75 Å². The summed E-state index contributed by atoms with van der Waals surface area (Å²) >= 11 is 0. The number of hydrogen-bond acceptors (Lipinski definition) is 7. The van der Waals surface area contributed by atoms with Crippen molar-refractivity contribution in [1.29, 1.82) is 0 Å². The second-order valence-electron chi connectivity index (χ2n) is 6.73. The minimum Gasteiger partial charge on any atom is -0.497 e. The van der Waals surface area contributed by atoms with Crippen LogP contribution in [-0.4, -0.2) is 36.9 Å². The van der Waals surface area contributed by atoms with Gasteiger partial charge in [0.2, 0.25) is 0 Å². The number of carbonyl (C=O) groups is 3. The molecule has 0 radical (unpaired) electrons. The van der Waals surface area contributed by atoms with Crippen molar-refractivity contribution in [2.75, 3.05) is 24.9 Å². The molecule has 168 valence electrons. The Hall–Kier alpha value is -4.73. The molecule has 0 atom stereocenters. The maximum atomic E-state index is 12.6. The quantitative estimate of drug-likeness (QED) is 0.317. The van der Waals surface area contributed by atoms with E-state index in [1.54, 1.807) is 24.3 Å². The molecular formula is C23H19N3O7. The number of hydrogen-bond donors (Lipinski definition) is 2. The standard InChI is InChI=1S/C23H19N3O7/c1-32-20-9-5-15(6-10-20)22(28)25-18-12-16(23(29)33-2)11-17(13-18)24-21(27)14-3-7-19(8-4-14)26(30)31/h3-13H,1-2H3,(H,24,27)(H,25,28). The number of methoxy groups -OCH3 is 2. The van der Waals surface area contributed by atoms with Crippen molar-refractivity contribution in [1.82, 2.24) is 0 Å². The first-order valence-electron chi connectivity index (χ1n) is 9.55. The van der Waals surface area contributed by atoms with Gasteiger partial charge in [-0.25, -0.2) is 4.79 Å². The molecule has 0 aliphatic rings. The number of anilines is 2. The zero-order chi connectivity index (χ0) is 24.0. The van der Waals surface area contributed by atoms with Crippen molar-refractivity contribution in [3.63, 3.8) is 0 Å². The van der Waals surface area contributed by atoms with E-state index in [0.29, 0.717) is 11.3 Å². The van der Waals surface area contributed by atoms with E-state index in [1.165, 1.54) is 56.7 Å². The van der Waals surface area contributed by atoms with Crippen molar-refractivity contribution in [3.05, 3.63) is 93.5 Å². The Bertz CT molecular complexity index is 1210. The predicted molar refractivity (Wildman–Crippen MR) is 120 cm³/mol. The van der Waals surface area contributed by atoms with Crippen LogP contribution in [0, 0.1) is 10.1 Å². The van der Waals surface area contributed by atoms with Gasteiger partial charge in [-0.1, -0.05) is 0 Å². The molecule has 33 heavy (non-hydrogen) atoms. The molecule has 3 rings (SSSR count). The highest BCUT2D eigenvalue weighted by molar-refractivity contribution is 6.07. The van der Waals surface area contributed by atoms with Crippen LogP contribution in [0.1, 0.15) is 31.1 Å². The number of amides is 2. The molecule has 0 spiro atoms. The molecule has 10 heteroatoms. The summed E-state index contributed by atoms with van der Waals surface area (Å²) < 4.78 is 9.82. The van der Waals surface area contributed by atoms with Crippen LogP contribution < -0.4 is 15.4 Å². The third kappa shape index (κ3) is 5.70. The van der Waals surface area contributed by atoms with Crippen LogP contribution in [0.4, 0.5) is 17.1 Å². The summed E-state index contributed by atoms with van der Waals surface area (Å²) in [7, 11) is 2.72. The van der Waals surface area contributed by atoms with Gasteiger partial charge in [-0.15, -0.1) is 0 Å². The molecular weight excluding hydrogens is 430 g/mol. The average Bonchev–Trinajstić information content (AvgIpc) is 2.83. The number of nitro groups is 1. The maximum Gasteiger partial charge on any atom is 0.337 e. The van der Waals surface area contributed by atoms with E-state index >= 15 is 0 Å². The lowest BCUT2D eigenvalue weighted by Gasteiger charge is -2.12. The van der Waals surface area contributed by atoms with Gasteiger partial charge in [-0.3, -0.25) is 19.7 Å². The van der Waals surface area contributed by atoms with E-state index in [0.717, 1.165) is 0 Å². The van der Waals surface area contributed by atoms with Crippen LogP contribution in [0.5, 0.6) is 5.75 Å². The topological polar surface area (TPSA) is 137 Å². The zero-order valence-corrected chi connectivity index (χ0v) is 17.7. The normalized spacial score (nSPS) is 10.1. The van der Waals surface area contributed by atoms with Gasteiger partial charge in [0.1, 0.15) is 5.75 Å². The molecule has 0 aliphatic carbocycles. The van der Waals surface area contributed by atoms with Crippen LogP contribution >= 0.6 is 0 Å². The third-order valence-corrected chi connectivity index (χ3v) is 4.56. The highest BCUT2D eigenvalue weighted by atomic mass is 16.6. The summed E-state index contributed by atoms with van der Waals surface area (Å²) in [6, 6.07) is 15.7. The van der Waals surface area contributed by atoms with Gasteiger partial charge in [-0.05, 0) is 54.6 Å². The predicted octanol–water partition coefficient (Wildman–Crippen LogP) is 3.89. The van der Waals surface area contributed by atoms with Crippen LogP contribution in [0.25, 0.3) is 0 Å². The molecule has 0 aliphatic heterocycles. The summed E-state index contributed by atoms with van der Waals surface area (Å²) in [5.74, 6) is -1.07. The average molecular weight is 449 g/mol. The van der Waals surface area contributed by atoms with Gasteiger partial charge in [0.05, 0.1) is 24.7 Å². The third-order valence-electron chi connectivity index (χ3n) is 4.56. The van der Waals surface area contributed by atoms with Crippen molar-refractivity contribution < 1.29 is 28.8 Å². The Labute approximate surface area is 188 Å². The van der Waals surface area contributed by atoms with Crippen molar-refractivity contribution in [2.24, 2.45) is 0 Å². The number of carbonyl (C=O) groups excluding carboxylic acids is 3. The van der Waals surface area contributed by atoms with E-state index in [1.807, 2.05) is 0 Å². The van der Waals surface area contributed by atoms with Gasteiger partial charge < -0.3 is 20.1 Å². The Morgan fingerprint density at radius 2 is 1.24 bits per heavy atom. The van der Waals surface area contributed by atoms with Crippen LogP contribution in [-0.2, 0) is 4.74 Å². The summed E-state index contributed by atoms with van der Waals surface area (Å²) in [6.07, 6.45) is 0. The lowest BCUT2D eigenvalue weighted by molar-refractivity contribution is -0.384. The molecule has 3 aromatic carbocycles. The molecule has 0 bridgehead atoms. The molecule has 10 nitrogen and oxygen atoms in total. The van der Waals surface area contributed by atoms with Crippen LogP contribution in [0.3, 0.4) is 0 Å². The maximum absolute atomic E-state index is 12.6. The summed E-state index contributed by atoms with van der Waals surface area (Å²) in [6.45, 7) is 0. The molecule has 2 amide bonds. The van der Waals surface area contributed by atoms with Gasteiger partial charge in [-0.2, -0.15) is 0 Å². The lowest BCUT2D eigenvalue weighted by Crippen LogP contribution is -2.15. The van der Waals surface area contributed by atoms with Crippen molar-refractivity contribution in [2.45, 2.75) is 0 Å². The molecule has 0 heterocycles. The zero-order valence-electron chi connectivity index (χ0n) is 17.7. The second-order valence-corrected chi connectivity index (χ2v) is 6.73. The molecule has 0 aromatic heterocycles.